The number of aryl methyl sites for hydroxylation is 1. The Labute approximate surface area is 181 Å². The van der Waals surface area contributed by atoms with E-state index in [9.17, 15) is 18.4 Å². The molecule has 2 N–H and O–H groups in total. The average molecular weight is 441 g/mol. The van der Waals surface area contributed by atoms with Crippen molar-refractivity contribution < 1.29 is 18.4 Å². The van der Waals surface area contributed by atoms with Gasteiger partial charge in [0, 0.05) is 30.8 Å². The van der Waals surface area contributed by atoms with E-state index in [-0.39, 0.29) is 36.5 Å². The molecule has 4 rings (SSSR count). The number of fused-ring (bicyclic) bond motifs is 1. The lowest BCUT2D eigenvalue weighted by molar-refractivity contribution is -0.151. The number of carbonyl (C=O) groups is 1. The smallest absolute Gasteiger partial charge is 0.270 e. The number of carbonyl (C=O) groups excluding carboxylic acids is 1. The maximum Gasteiger partial charge on any atom is 0.270 e. The number of hydrogen-bond donors (Lipinski definition) is 2. The highest BCUT2D eigenvalue weighted by atomic mass is 19.1. The third kappa shape index (κ3) is 4.27. The fourth-order valence-corrected chi connectivity index (χ4v) is 3.45. The summed E-state index contributed by atoms with van der Waals surface area (Å²) in [7, 11) is 1.44. The molecular formula is C22H21F2N5O3. The van der Waals surface area contributed by atoms with Crippen LogP contribution >= 0.6 is 0 Å². The number of amides is 1. The maximum absolute atomic E-state index is 14.6. The largest absolute Gasteiger partial charge is 0.354 e. The van der Waals surface area contributed by atoms with Crippen molar-refractivity contribution in [2.24, 2.45) is 0 Å². The number of H-pyrrole nitrogens is 1. The minimum atomic E-state index is -0.766. The molecule has 0 bridgehead atoms. The van der Waals surface area contributed by atoms with Gasteiger partial charge in [-0.1, -0.05) is 13.0 Å². The Morgan fingerprint density at radius 1 is 1.28 bits per heavy atom. The molecule has 1 aromatic carbocycles. The molecule has 10 heteroatoms. The molecule has 166 valence electrons. The normalized spacial score (nSPS) is 14.4. The van der Waals surface area contributed by atoms with Crippen LogP contribution in [0, 0.1) is 11.8 Å². The molecule has 0 fully saturated rings. The third-order valence-electron chi connectivity index (χ3n) is 5.21. The Balaban J connectivity index is 1.51. The van der Waals surface area contributed by atoms with Crippen molar-refractivity contribution in [1.82, 2.24) is 25.3 Å². The van der Waals surface area contributed by atoms with E-state index in [0.717, 1.165) is 0 Å². The Morgan fingerprint density at radius 3 is 2.75 bits per heavy atom. The van der Waals surface area contributed by atoms with Crippen LogP contribution < -0.4 is 10.9 Å². The molecule has 0 spiro atoms. The lowest BCUT2D eigenvalue weighted by Crippen LogP contribution is -2.29. The Bertz CT molecular complexity index is 1290. The van der Waals surface area contributed by atoms with E-state index in [1.165, 1.54) is 30.3 Å². The quantitative estimate of drug-likeness (QED) is 0.590. The zero-order chi connectivity index (χ0) is 22.8. The summed E-state index contributed by atoms with van der Waals surface area (Å²) in [6.45, 7) is 2.28. The highest BCUT2D eigenvalue weighted by molar-refractivity contribution is 5.92. The topological polar surface area (TPSA) is 100 Å². The summed E-state index contributed by atoms with van der Waals surface area (Å²) in [5.41, 5.74) is 2.02. The lowest BCUT2D eigenvalue weighted by atomic mass is 10.1. The monoisotopic (exact) mass is 441 g/mol. The number of pyridine rings is 1. The van der Waals surface area contributed by atoms with E-state index in [2.05, 4.69) is 20.3 Å². The van der Waals surface area contributed by atoms with Crippen LogP contribution in [-0.4, -0.2) is 46.1 Å². The number of aromatic nitrogens is 3. The van der Waals surface area contributed by atoms with E-state index >= 15 is 0 Å². The van der Waals surface area contributed by atoms with E-state index in [4.69, 9.17) is 4.84 Å². The zero-order valence-electron chi connectivity index (χ0n) is 17.5. The van der Waals surface area contributed by atoms with Crippen molar-refractivity contribution in [1.29, 1.82) is 0 Å². The molecule has 2 aromatic heterocycles. The summed E-state index contributed by atoms with van der Waals surface area (Å²) in [4.78, 5) is 39.9. The van der Waals surface area contributed by atoms with Gasteiger partial charge in [-0.15, -0.1) is 0 Å². The Morgan fingerprint density at radius 2 is 2.09 bits per heavy atom. The first-order valence-electron chi connectivity index (χ1n) is 10.1. The van der Waals surface area contributed by atoms with E-state index < -0.39 is 17.7 Å². The summed E-state index contributed by atoms with van der Waals surface area (Å²) in [5.74, 6) is -1.70. The van der Waals surface area contributed by atoms with Crippen molar-refractivity contribution in [2.75, 3.05) is 20.2 Å². The zero-order valence-corrected chi connectivity index (χ0v) is 17.5. The average Bonchev–Trinajstić information content (AvgIpc) is 2.79. The van der Waals surface area contributed by atoms with Gasteiger partial charge in [-0.2, -0.15) is 9.45 Å². The van der Waals surface area contributed by atoms with Gasteiger partial charge < -0.3 is 10.3 Å². The summed E-state index contributed by atoms with van der Waals surface area (Å²) in [6, 6.07) is 5.75. The molecule has 0 saturated carbocycles. The van der Waals surface area contributed by atoms with Crippen LogP contribution in [0.25, 0.3) is 16.6 Å². The maximum atomic E-state index is 14.6. The van der Waals surface area contributed by atoms with Crippen LogP contribution in [0.3, 0.4) is 0 Å². The van der Waals surface area contributed by atoms with Crippen LogP contribution in [0.4, 0.5) is 8.78 Å². The van der Waals surface area contributed by atoms with Gasteiger partial charge in [0.25, 0.3) is 11.5 Å². The molecular weight excluding hydrogens is 420 g/mol. The lowest BCUT2D eigenvalue weighted by Gasteiger charge is -2.26. The van der Waals surface area contributed by atoms with Crippen molar-refractivity contribution >= 4 is 22.5 Å². The number of rotatable bonds is 5. The fourth-order valence-electron chi connectivity index (χ4n) is 3.45. The fraction of sp³-hybridized carbons (Fsp3) is 0.273. The molecule has 0 saturated heterocycles. The molecule has 8 nitrogen and oxygen atoms in total. The number of hydrogen-bond acceptors (Lipinski definition) is 6. The van der Waals surface area contributed by atoms with E-state index in [1.807, 2.05) is 6.92 Å². The SMILES string of the molecule is CCc1nc2cc(F)c(CN3CC=C(c4ccc(C(=O)NC)nc4F)CO3)cc2[nH]c1=O. The molecule has 0 radical (unpaired) electrons. The molecule has 1 aliphatic heterocycles. The minimum absolute atomic E-state index is 0.0157. The molecule has 1 amide bonds. The Hall–Kier alpha value is -3.50. The highest BCUT2D eigenvalue weighted by Crippen LogP contribution is 2.24. The summed E-state index contributed by atoms with van der Waals surface area (Å²) >= 11 is 0. The van der Waals surface area contributed by atoms with Crippen LogP contribution in [0.15, 0.2) is 35.1 Å². The number of hydroxylamine groups is 2. The standard InChI is InChI=1S/C22H21F2N5O3/c1-3-16-22(31)28-18-8-13(15(23)9-19(18)26-16)10-29-7-6-12(11-32-29)14-4-5-17(21(30)25-2)27-20(14)24/h4-6,8-9H,3,7,10-11H2,1-2H3,(H,25,30)(H,28,31). The molecule has 0 aliphatic carbocycles. The number of nitrogens with one attached hydrogen (secondary N) is 2. The minimum Gasteiger partial charge on any atom is -0.354 e. The van der Waals surface area contributed by atoms with E-state index in [0.29, 0.717) is 34.3 Å². The van der Waals surface area contributed by atoms with Crippen molar-refractivity contribution in [3.63, 3.8) is 0 Å². The van der Waals surface area contributed by atoms with Gasteiger partial charge >= 0.3 is 0 Å². The van der Waals surface area contributed by atoms with Crippen LogP contribution in [-0.2, 0) is 17.8 Å². The van der Waals surface area contributed by atoms with Gasteiger partial charge in [0.2, 0.25) is 5.95 Å². The molecule has 3 heterocycles. The predicted molar refractivity (Wildman–Crippen MR) is 114 cm³/mol. The number of halogens is 2. The van der Waals surface area contributed by atoms with Gasteiger partial charge in [-0.05, 0) is 30.2 Å². The first-order valence-corrected chi connectivity index (χ1v) is 10.1. The second-order valence-corrected chi connectivity index (χ2v) is 7.27. The van der Waals surface area contributed by atoms with Gasteiger partial charge in [-0.3, -0.25) is 14.4 Å². The number of aromatic amines is 1. The second kappa shape index (κ2) is 8.93. The van der Waals surface area contributed by atoms with Crippen molar-refractivity contribution in [3.05, 3.63) is 75.0 Å². The predicted octanol–water partition coefficient (Wildman–Crippen LogP) is 2.35. The third-order valence-corrected chi connectivity index (χ3v) is 5.21. The van der Waals surface area contributed by atoms with Crippen LogP contribution in [0.2, 0.25) is 0 Å². The van der Waals surface area contributed by atoms with E-state index in [1.54, 1.807) is 12.1 Å². The van der Waals surface area contributed by atoms with Gasteiger partial charge in [0.15, 0.2) is 0 Å². The number of nitrogens with zero attached hydrogens (tertiary/aromatic N) is 3. The Kier molecular flexibility index (Phi) is 6.06. The van der Waals surface area contributed by atoms with Gasteiger partial charge in [0.1, 0.15) is 17.2 Å². The van der Waals surface area contributed by atoms with Crippen LogP contribution in [0.5, 0.6) is 0 Å². The molecule has 1 aliphatic rings. The number of benzene rings is 1. The first kappa shape index (κ1) is 21.7. The molecule has 0 unspecified atom stereocenters. The molecule has 3 aromatic rings. The van der Waals surface area contributed by atoms with Crippen molar-refractivity contribution in [2.45, 2.75) is 19.9 Å². The summed E-state index contributed by atoms with van der Waals surface area (Å²) < 4.78 is 29.0. The highest BCUT2D eigenvalue weighted by Gasteiger charge is 2.20. The van der Waals surface area contributed by atoms with Crippen molar-refractivity contribution in [3.8, 4) is 0 Å². The molecule has 0 atom stereocenters. The summed E-state index contributed by atoms with van der Waals surface area (Å²) in [5, 5.41) is 3.92. The second-order valence-electron chi connectivity index (χ2n) is 7.27. The molecule has 32 heavy (non-hydrogen) atoms. The van der Waals surface area contributed by atoms with Gasteiger partial charge in [-0.25, -0.2) is 14.4 Å². The summed E-state index contributed by atoms with van der Waals surface area (Å²) in [6.07, 6.45) is 2.22. The van der Waals surface area contributed by atoms with Gasteiger partial charge in [0.05, 0.1) is 24.2 Å². The first-order chi connectivity index (χ1) is 15.4. The van der Waals surface area contributed by atoms with Crippen LogP contribution in [0.1, 0.15) is 34.2 Å².